The molecule has 0 aliphatic carbocycles. The average molecular weight is 483 g/mol. The summed E-state index contributed by atoms with van der Waals surface area (Å²) in [5.41, 5.74) is 2.38. The van der Waals surface area contributed by atoms with Crippen LogP contribution in [0.5, 0.6) is 11.5 Å². The van der Waals surface area contributed by atoms with Gasteiger partial charge in [-0.25, -0.2) is 0 Å². The molecule has 4 rings (SSSR count). The molecule has 0 spiro atoms. The van der Waals surface area contributed by atoms with Crippen molar-refractivity contribution in [2.45, 2.75) is 32.3 Å². The zero-order valence-corrected chi connectivity index (χ0v) is 19.9. The Morgan fingerprint density at radius 1 is 1.26 bits per heavy atom. The summed E-state index contributed by atoms with van der Waals surface area (Å²) in [6.45, 7) is 2.78. The Balaban J connectivity index is 1.54. The van der Waals surface area contributed by atoms with Gasteiger partial charge in [-0.05, 0) is 61.6 Å². The number of halogens is 1. The van der Waals surface area contributed by atoms with Gasteiger partial charge in [-0.15, -0.1) is 0 Å². The quantitative estimate of drug-likeness (QED) is 0.507. The van der Waals surface area contributed by atoms with Crippen LogP contribution in [0.3, 0.4) is 0 Å². The molecule has 1 saturated heterocycles. The van der Waals surface area contributed by atoms with Gasteiger partial charge in [0.1, 0.15) is 11.5 Å². The molecule has 34 heavy (non-hydrogen) atoms. The van der Waals surface area contributed by atoms with Crippen LogP contribution in [0.4, 0.5) is 0 Å². The summed E-state index contributed by atoms with van der Waals surface area (Å²) in [6.07, 6.45) is 2.70. The average Bonchev–Trinajstić information content (AvgIpc) is 2.82. The van der Waals surface area contributed by atoms with Gasteiger partial charge in [-0.1, -0.05) is 17.7 Å². The van der Waals surface area contributed by atoms with Crippen molar-refractivity contribution in [3.63, 3.8) is 0 Å². The molecule has 0 radical (unpaired) electrons. The molecule has 178 valence electrons. The van der Waals surface area contributed by atoms with Crippen molar-refractivity contribution in [3.05, 3.63) is 53.7 Å². The number of aliphatic carboxylic acids is 1. The second-order valence-corrected chi connectivity index (χ2v) is 8.91. The highest BCUT2D eigenvalue weighted by Gasteiger charge is 2.29. The maximum atomic E-state index is 13.0. The summed E-state index contributed by atoms with van der Waals surface area (Å²) in [5.74, 6) is 0.205. The number of methoxy groups -OCH3 is 1. The van der Waals surface area contributed by atoms with Crippen molar-refractivity contribution in [2.75, 3.05) is 20.2 Å². The van der Waals surface area contributed by atoms with Crippen molar-refractivity contribution in [3.8, 4) is 22.6 Å². The van der Waals surface area contributed by atoms with Gasteiger partial charge in [-0.3, -0.25) is 14.6 Å². The van der Waals surface area contributed by atoms with E-state index in [1.54, 1.807) is 31.2 Å². The molecule has 0 unspecified atom stereocenters. The first-order chi connectivity index (χ1) is 16.4. The minimum atomic E-state index is -0.832. The number of rotatable bonds is 7. The number of benzene rings is 2. The molecule has 2 heterocycles. The smallest absolute Gasteiger partial charge is 0.303 e. The van der Waals surface area contributed by atoms with E-state index in [-0.39, 0.29) is 18.2 Å². The second-order valence-electron chi connectivity index (χ2n) is 8.51. The predicted octanol–water partition coefficient (Wildman–Crippen LogP) is 5.04. The SMILES string of the molecule is COc1cccc(Cl)c1-c1ccnc2cc(O[C@H](C)C(=O)N3CCC[C@H](CC(=O)O)C3)ccc12. The fourth-order valence-electron chi connectivity index (χ4n) is 4.55. The number of ether oxygens (including phenoxy) is 2. The predicted molar refractivity (Wildman–Crippen MR) is 130 cm³/mol. The molecule has 1 aromatic heterocycles. The van der Waals surface area contributed by atoms with Crippen LogP contribution in [0, 0.1) is 5.92 Å². The van der Waals surface area contributed by atoms with Gasteiger partial charge in [0.25, 0.3) is 5.91 Å². The van der Waals surface area contributed by atoms with E-state index in [4.69, 9.17) is 26.2 Å². The van der Waals surface area contributed by atoms with Crippen LogP contribution in [0.25, 0.3) is 22.0 Å². The number of piperidine rings is 1. The summed E-state index contributed by atoms with van der Waals surface area (Å²) >= 11 is 6.49. The lowest BCUT2D eigenvalue weighted by Gasteiger charge is -2.33. The Kier molecular flexibility index (Phi) is 7.22. The minimum Gasteiger partial charge on any atom is -0.496 e. The molecule has 2 atom stereocenters. The molecule has 2 aromatic carbocycles. The first-order valence-electron chi connectivity index (χ1n) is 11.3. The molecular formula is C26H27ClN2O5. The van der Waals surface area contributed by atoms with Gasteiger partial charge < -0.3 is 19.5 Å². The largest absolute Gasteiger partial charge is 0.496 e. The molecule has 1 aliphatic heterocycles. The maximum Gasteiger partial charge on any atom is 0.303 e. The van der Waals surface area contributed by atoms with E-state index in [0.717, 1.165) is 29.4 Å². The van der Waals surface area contributed by atoms with Crippen LogP contribution in [0.1, 0.15) is 26.2 Å². The van der Waals surface area contributed by atoms with Crippen LogP contribution < -0.4 is 9.47 Å². The van der Waals surface area contributed by atoms with Gasteiger partial charge >= 0.3 is 5.97 Å². The fourth-order valence-corrected chi connectivity index (χ4v) is 4.81. The monoisotopic (exact) mass is 482 g/mol. The Hall–Kier alpha value is -3.32. The van der Waals surface area contributed by atoms with Crippen molar-refractivity contribution >= 4 is 34.4 Å². The highest BCUT2D eigenvalue weighted by Crippen LogP contribution is 2.40. The number of carboxylic acid groups (broad SMARTS) is 1. The third-order valence-electron chi connectivity index (χ3n) is 6.13. The summed E-state index contributed by atoms with van der Waals surface area (Å²) in [7, 11) is 1.61. The van der Waals surface area contributed by atoms with Gasteiger partial charge in [0.15, 0.2) is 6.10 Å². The topological polar surface area (TPSA) is 89.0 Å². The number of nitrogens with zero attached hydrogens (tertiary/aromatic N) is 2. The van der Waals surface area contributed by atoms with Crippen molar-refractivity contribution in [1.29, 1.82) is 0 Å². The first kappa shape index (κ1) is 23.8. The van der Waals surface area contributed by atoms with E-state index < -0.39 is 12.1 Å². The van der Waals surface area contributed by atoms with Crippen LogP contribution in [0.2, 0.25) is 5.02 Å². The van der Waals surface area contributed by atoms with E-state index in [0.29, 0.717) is 35.1 Å². The highest BCUT2D eigenvalue weighted by molar-refractivity contribution is 6.34. The van der Waals surface area contributed by atoms with Crippen LogP contribution >= 0.6 is 11.6 Å². The third kappa shape index (κ3) is 5.09. The van der Waals surface area contributed by atoms with E-state index in [1.807, 2.05) is 36.4 Å². The van der Waals surface area contributed by atoms with E-state index >= 15 is 0 Å². The Labute approximate surface area is 203 Å². The van der Waals surface area contributed by atoms with Gasteiger partial charge in [-0.2, -0.15) is 0 Å². The number of pyridine rings is 1. The van der Waals surface area contributed by atoms with Crippen molar-refractivity contribution < 1.29 is 24.2 Å². The number of fused-ring (bicyclic) bond motifs is 1. The number of carbonyl (C=O) groups excluding carboxylic acids is 1. The molecule has 3 aromatic rings. The molecular weight excluding hydrogens is 456 g/mol. The van der Waals surface area contributed by atoms with Gasteiger partial charge in [0.05, 0.1) is 17.6 Å². The van der Waals surface area contributed by atoms with Crippen LogP contribution in [-0.2, 0) is 9.59 Å². The fraction of sp³-hybridized carbons (Fsp3) is 0.346. The summed E-state index contributed by atoms with van der Waals surface area (Å²) < 4.78 is 11.5. The minimum absolute atomic E-state index is 0.0208. The lowest BCUT2D eigenvalue weighted by atomic mass is 9.94. The number of amides is 1. The number of carboxylic acids is 1. The molecule has 0 bridgehead atoms. The molecule has 8 heteroatoms. The first-order valence-corrected chi connectivity index (χ1v) is 11.6. The van der Waals surface area contributed by atoms with Crippen LogP contribution in [0.15, 0.2) is 48.7 Å². The molecule has 1 amide bonds. The highest BCUT2D eigenvalue weighted by atomic mass is 35.5. The van der Waals surface area contributed by atoms with Crippen molar-refractivity contribution in [2.24, 2.45) is 5.92 Å². The molecule has 1 N–H and O–H groups in total. The van der Waals surface area contributed by atoms with Gasteiger partial charge in [0, 0.05) is 42.7 Å². The molecule has 7 nitrogen and oxygen atoms in total. The number of likely N-dealkylation sites (tertiary alicyclic amines) is 1. The van der Waals surface area contributed by atoms with E-state index in [9.17, 15) is 9.59 Å². The van der Waals surface area contributed by atoms with E-state index in [2.05, 4.69) is 4.98 Å². The van der Waals surface area contributed by atoms with Crippen LogP contribution in [-0.4, -0.2) is 53.2 Å². The number of carbonyl (C=O) groups is 2. The third-order valence-corrected chi connectivity index (χ3v) is 6.45. The number of hydrogen-bond donors (Lipinski definition) is 1. The summed E-state index contributed by atoms with van der Waals surface area (Å²) in [5, 5.41) is 10.5. The Bertz CT molecular complexity index is 1220. The summed E-state index contributed by atoms with van der Waals surface area (Å²) in [6, 6.07) is 12.9. The normalized spacial score (nSPS) is 16.8. The van der Waals surface area contributed by atoms with Crippen molar-refractivity contribution in [1.82, 2.24) is 9.88 Å². The zero-order chi connectivity index (χ0) is 24.2. The molecule has 1 fully saturated rings. The lowest BCUT2D eigenvalue weighted by molar-refractivity contribution is -0.143. The standard InChI is InChI=1S/C26H27ClN2O5/c1-16(26(32)29-12-4-5-17(15-29)13-24(30)31)34-18-8-9-19-20(10-11-28-22(19)14-18)25-21(27)6-3-7-23(25)33-2/h3,6-11,14,16-17H,4-5,12-13,15H2,1-2H3,(H,30,31)/t16-,17-/m1/s1. The second kappa shape index (κ2) is 10.3. The maximum absolute atomic E-state index is 13.0. The number of aromatic nitrogens is 1. The number of hydrogen-bond acceptors (Lipinski definition) is 5. The summed E-state index contributed by atoms with van der Waals surface area (Å²) in [4.78, 5) is 30.2. The Morgan fingerprint density at radius 2 is 2.09 bits per heavy atom. The van der Waals surface area contributed by atoms with E-state index in [1.165, 1.54) is 0 Å². The Morgan fingerprint density at radius 3 is 2.85 bits per heavy atom. The van der Waals surface area contributed by atoms with Gasteiger partial charge in [0.2, 0.25) is 0 Å². The molecule has 0 saturated carbocycles. The molecule has 1 aliphatic rings. The zero-order valence-electron chi connectivity index (χ0n) is 19.2. The lowest BCUT2D eigenvalue weighted by Crippen LogP contribution is -2.46.